The van der Waals surface area contributed by atoms with Crippen LogP contribution in [0.5, 0.6) is 0 Å². The van der Waals surface area contributed by atoms with E-state index in [1.54, 1.807) is 0 Å². The molecule has 0 spiro atoms. The topological polar surface area (TPSA) is 3.24 Å². The Kier molecular flexibility index (Phi) is 2.87. The van der Waals surface area contributed by atoms with Crippen molar-refractivity contribution in [2.24, 2.45) is 11.8 Å². The standard InChI is InChI=1S/C11H20FN/c1-9-5-6-13(8-11(9)12)7-10-3-2-4-10/h9-11H,2-8H2,1H3. The summed E-state index contributed by atoms with van der Waals surface area (Å²) >= 11 is 0. The van der Waals surface area contributed by atoms with Gasteiger partial charge < -0.3 is 4.90 Å². The predicted molar refractivity (Wildman–Crippen MR) is 52.5 cm³/mol. The van der Waals surface area contributed by atoms with E-state index in [1.807, 2.05) is 6.92 Å². The van der Waals surface area contributed by atoms with Gasteiger partial charge in [0.25, 0.3) is 0 Å². The van der Waals surface area contributed by atoms with Crippen molar-refractivity contribution in [1.29, 1.82) is 0 Å². The maximum Gasteiger partial charge on any atom is 0.115 e. The van der Waals surface area contributed by atoms with Crippen molar-refractivity contribution in [3.05, 3.63) is 0 Å². The summed E-state index contributed by atoms with van der Waals surface area (Å²) in [7, 11) is 0. The van der Waals surface area contributed by atoms with Gasteiger partial charge in [-0.3, -0.25) is 0 Å². The summed E-state index contributed by atoms with van der Waals surface area (Å²) in [5.41, 5.74) is 0. The number of piperidine rings is 1. The number of alkyl halides is 1. The molecule has 2 aliphatic rings. The van der Waals surface area contributed by atoms with Crippen LogP contribution in [0.2, 0.25) is 0 Å². The van der Waals surface area contributed by atoms with Crippen molar-refractivity contribution in [2.75, 3.05) is 19.6 Å². The fourth-order valence-corrected chi connectivity index (χ4v) is 2.29. The van der Waals surface area contributed by atoms with Crippen molar-refractivity contribution in [2.45, 2.75) is 38.8 Å². The van der Waals surface area contributed by atoms with Crippen LogP contribution in [-0.2, 0) is 0 Å². The maximum absolute atomic E-state index is 13.4. The van der Waals surface area contributed by atoms with Gasteiger partial charge in [-0.1, -0.05) is 13.3 Å². The van der Waals surface area contributed by atoms with Gasteiger partial charge in [-0.25, -0.2) is 4.39 Å². The van der Waals surface area contributed by atoms with Gasteiger partial charge in [-0.15, -0.1) is 0 Å². The van der Waals surface area contributed by atoms with E-state index in [9.17, 15) is 4.39 Å². The Morgan fingerprint density at radius 1 is 1.31 bits per heavy atom. The normalized spacial score (nSPS) is 37.4. The van der Waals surface area contributed by atoms with Gasteiger partial charge in [0.05, 0.1) is 0 Å². The minimum atomic E-state index is -0.575. The molecule has 0 aromatic carbocycles. The van der Waals surface area contributed by atoms with Crippen molar-refractivity contribution >= 4 is 0 Å². The Hall–Kier alpha value is -0.110. The lowest BCUT2D eigenvalue weighted by molar-refractivity contribution is 0.0696. The van der Waals surface area contributed by atoms with Gasteiger partial charge >= 0.3 is 0 Å². The average molecular weight is 185 g/mol. The smallest absolute Gasteiger partial charge is 0.115 e. The fraction of sp³-hybridized carbons (Fsp3) is 1.00. The van der Waals surface area contributed by atoms with Crippen LogP contribution >= 0.6 is 0 Å². The molecule has 0 amide bonds. The molecule has 0 aromatic heterocycles. The summed E-state index contributed by atoms with van der Waals surface area (Å²) < 4.78 is 13.4. The average Bonchev–Trinajstić information content (AvgIpc) is 2.04. The third kappa shape index (κ3) is 2.22. The van der Waals surface area contributed by atoms with Crippen LogP contribution in [0.1, 0.15) is 32.6 Å². The van der Waals surface area contributed by atoms with E-state index < -0.39 is 6.17 Å². The molecule has 13 heavy (non-hydrogen) atoms. The van der Waals surface area contributed by atoms with Crippen LogP contribution < -0.4 is 0 Å². The third-order valence-electron chi connectivity index (χ3n) is 3.69. The van der Waals surface area contributed by atoms with E-state index in [0.717, 1.165) is 25.4 Å². The summed E-state index contributed by atoms with van der Waals surface area (Å²) in [5, 5.41) is 0. The Morgan fingerprint density at radius 2 is 2.08 bits per heavy atom. The second kappa shape index (κ2) is 3.95. The summed E-state index contributed by atoms with van der Waals surface area (Å²) in [4.78, 5) is 2.33. The van der Waals surface area contributed by atoms with Crippen LogP contribution in [0.3, 0.4) is 0 Å². The molecule has 1 aliphatic carbocycles. The first-order valence-corrected chi connectivity index (χ1v) is 5.62. The molecule has 0 aromatic rings. The lowest BCUT2D eigenvalue weighted by atomic mass is 9.84. The van der Waals surface area contributed by atoms with E-state index >= 15 is 0 Å². The van der Waals surface area contributed by atoms with Crippen molar-refractivity contribution in [3.63, 3.8) is 0 Å². The highest BCUT2D eigenvalue weighted by atomic mass is 19.1. The Balaban J connectivity index is 1.74. The minimum absolute atomic E-state index is 0.289. The van der Waals surface area contributed by atoms with E-state index in [1.165, 1.54) is 19.3 Å². The zero-order chi connectivity index (χ0) is 9.26. The molecule has 2 fully saturated rings. The van der Waals surface area contributed by atoms with Crippen molar-refractivity contribution in [3.8, 4) is 0 Å². The monoisotopic (exact) mass is 185 g/mol. The fourth-order valence-electron chi connectivity index (χ4n) is 2.29. The van der Waals surface area contributed by atoms with Crippen molar-refractivity contribution in [1.82, 2.24) is 4.90 Å². The van der Waals surface area contributed by atoms with Crippen LogP contribution in [0.15, 0.2) is 0 Å². The number of hydrogen-bond acceptors (Lipinski definition) is 1. The highest BCUT2D eigenvalue weighted by molar-refractivity contribution is 4.81. The molecule has 0 radical (unpaired) electrons. The minimum Gasteiger partial charge on any atom is -0.300 e. The number of rotatable bonds is 2. The molecule has 1 saturated heterocycles. The van der Waals surface area contributed by atoms with Gasteiger partial charge in [0, 0.05) is 13.1 Å². The number of hydrogen-bond donors (Lipinski definition) is 0. The maximum atomic E-state index is 13.4. The van der Waals surface area contributed by atoms with Crippen molar-refractivity contribution < 1.29 is 4.39 Å². The molecule has 1 heterocycles. The van der Waals surface area contributed by atoms with Crippen LogP contribution in [0, 0.1) is 11.8 Å². The van der Waals surface area contributed by atoms with Gasteiger partial charge in [-0.05, 0) is 37.6 Å². The molecule has 2 atom stereocenters. The molecule has 1 saturated carbocycles. The quantitative estimate of drug-likeness (QED) is 0.639. The first-order valence-electron chi connectivity index (χ1n) is 5.62. The second-order valence-corrected chi connectivity index (χ2v) is 4.84. The van der Waals surface area contributed by atoms with E-state index in [4.69, 9.17) is 0 Å². The molecule has 0 bridgehead atoms. The Labute approximate surface area is 80.3 Å². The van der Waals surface area contributed by atoms with Crippen LogP contribution in [0.25, 0.3) is 0 Å². The molecule has 1 nitrogen and oxygen atoms in total. The molecular weight excluding hydrogens is 165 g/mol. The molecule has 1 aliphatic heterocycles. The molecular formula is C11H20FN. The van der Waals surface area contributed by atoms with Gasteiger partial charge in [0.2, 0.25) is 0 Å². The lowest BCUT2D eigenvalue weighted by Crippen LogP contribution is -2.43. The molecule has 2 heteroatoms. The summed E-state index contributed by atoms with van der Waals surface area (Å²) in [6.45, 7) is 5.01. The van der Waals surface area contributed by atoms with Crippen LogP contribution in [-0.4, -0.2) is 30.7 Å². The first kappa shape index (κ1) is 9.45. The Bertz CT molecular complexity index is 165. The molecule has 2 rings (SSSR count). The second-order valence-electron chi connectivity index (χ2n) is 4.84. The number of nitrogens with zero attached hydrogens (tertiary/aromatic N) is 1. The highest BCUT2D eigenvalue weighted by Crippen LogP contribution is 2.29. The zero-order valence-electron chi connectivity index (χ0n) is 8.51. The summed E-state index contributed by atoms with van der Waals surface area (Å²) in [6, 6.07) is 0. The van der Waals surface area contributed by atoms with E-state index in [0.29, 0.717) is 6.54 Å². The number of halogens is 1. The number of likely N-dealkylation sites (tertiary alicyclic amines) is 1. The largest absolute Gasteiger partial charge is 0.300 e. The predicted octanol–water partition coefficient (Wildman–Crippen LogP) is 2.47. The highest BCUT2D eigenvalue weighted by Gasteiger charge is 2.28. The zero-order valence-corrected chi connectivity index (χ0v) is 8.51. The first-order chi connectivity index (χ1) is 6.25. The van der Waals surface area contributed by atoms with Gasteiger partial charge in [-0.2, -0.15) is 0 Å². The van der Waals surface area contributed by atoms with Gasteiger partial charge in [0.15, 0.2) is 0 Å². The van der Waals surface area contributed by atoms with E-state index in [2.05, 4.69) is 4.90 Å². The summed E-state index contributed by atoms with van der Waals surface area (Å²) in [5.74, 6) is 1.18. The molecule has 76 valence electrons. The third-order valence-corrected chi connectivity index (χ3v) is 3.69. The molecule has 0 N–H and O–H groups in total. The van der Waals surface area contributed by atoms with Crippen LogP contribution in [0.4, 0.5) is 4.39 Å². The molecule has 2 unspecified atom stereocenters. The Morgan fingerprint density at radius 3 is 2.62 bits per heavy atom. The van der Waals surface area contributed by atoms with E-state index in [-0.39, 0.29) is 5.92 Å². The van der Waals surface area contributed by atoms with Gasteiger partial charge in [0.1, 0.15) is 6.17 Å². The lowest BCUT2D eigenvalue weighted by Gasteiger charge is -2.37. The SMILES string of the molecule is CC1CCN(CC2CCC2)CC1F. The summed E-state index contributed by atoms with van der Waals surface area (Å²) in [6.07, 6.45) is 4.63.